The number of aryl methyl sites for hydroxylation is 1. The van der Waals surface area contributed by atoms with E-state index in [0.29, 0.717) is 6.54 Å². The fraction of sp³-hybridized carbons (Fsp3) is 0.125. The molecule has 3 heterocycles. The fourth-order valence-electron chi connectivity index (χ4n) is 2.78. The van der Waals surface area contributed by atoms with Crippen molar-refractivity contribution in [2.24, 2.45) is 12.8 Å². The van der Waals surface area contributed by atoms with Crippen molar-refractivity contribution in [3.05, 3.63) is 54.4 Å². The summed E-state index contributed by atoms with van der Waals surface area (Å²) < 4.78 is 3.96. The maximum Gasteiger partial charge on any atom is 0.144 e. The molecule has 0 amide bonds. The van der Waals surface area contributed by atoms with E-state index in [2.05, 4.69) is 15.7 Å². The van der Waals surface area contributed by atoms with Gasteiger partial charge in [0.1, 0.15) is 5.82 Å². The zero-order valence-electron chi connectivity index (χ0n) is 11.7. The second-order valence-electron chi connectivity index (χ2n) is 5.07. The Bertz CT molecular complexity index is 948. The van der Waals surface area contributed by atoms with Crippen LogP contribution in [0.15, 0.2) is 48.8 Å². The predicted molar refractivity (Wildman–Crippen MR) is 82.8 cm³/mol. The van der Waals surface area contributed by atoms with Crippen LogP contribution in [0.3, 0.4) is 0 Å². The van der Waals surface area contributed by atoms with Crippen LogP contribution in [0.1, 0.15) is 5.56 Å². The van der Waals surface area contributed by atoms with Crippen LogP contribution in [-0.2, 0) is 13.6 Å². The summed E-state index contributed by atoms with van der Waals surface area (Å²) in [4.78, 5) is 4.81. The first-order chi connectivity index (χ1) is 10.3. The van der Waals surface area contributed by atoms with Crippen molar-refractivity contribution in [1.29, 1.82) is 0 Å². The molecule has 0 unspecified atom stereocenters. The molecular formula is C16H15N5. The van der Waals surface area contributed by atoms with Gasteiger partial charge in [-0.1, -0.05) is 18.2 Å². The number of hydrogen-bond donors (Lipinski definition) is 1. The number of rotatable bonds is 2. The van der Waals surface area contributed by atoms with Gasteiger partial charge in [-0.25, -0.2) is 9.50 Å². The van der Waals surface area contributed by atoms with E-state index < -0.39 is 0 Å². The minimum atomic E-state index is 0.489. The van der Waals surface area contributed by atoms with E-state index in [1.54, 1.807) is 0 Å². The van der Waals surface area contributed by atoms with Gasteiger partial charge in [0, 0.05) is 19.8 Å². The largest absolute Gasteiger partial charge is 0.327 e. The van der Waals surface area contributed by atoms with Gasteiger partial charge < -0.3 is 10.3 Å². The summed E-state index contributed by atoms with van der Waals surface area (Å²) in [5, 5.41) is 4.39. The van der Waals surface area contributed by atoms with Gasteiger partial charge in [0.25, 0.3) is 0 Å². The number of nitrogens with two attached hydrogens (primary N) is 1. The van der Waals surface area contributed by atoms with Gasteiger partial charge in [-0.3, -0.25) is 0 Å². The molecule has 0 saturated carbocycles. The normalized spacial score (nSPS) is 11.5. The molecule has 0 aliphatic carbocycles. The highest BCUT2D eigenvalue weighted by atomic mass is 15.2. The molecule has 1 aromatic carbocycles. The predicted octanol–water partition coefficient (Wildman–Crippen LogP) is 2.35. The summed E-state index contributed by atoms with van der Waals surface area (Å²) in [5.41, 5.74) is 11.0. The number of benzene rings is 1. The molecule has 0 fully saturated rings. The first-order valence-corrected chi connectivity index (χ1v) is 6.86. The molecule has 4 aromatic rings. The van der Waals surface area contributed by atoms with E-state index in [1.807, 2.05) is 54.3 Å². The summed E-state index contributed by atoms with van der Waals surface area (Å²) in [6.07, 6.45) is 3.80. The zero-order valence-corrected chi connectivity index (χ0v) is 11.7. The molecule has 104 valence electrons. The van der Waals surface area contributed by atoms with E-state index in [1.165, 1.54) is 0 Å². The first-order valence-electron chi connectivity index (χ1n) is 6.86. The van der Waals surface area contributed by atoms with Crippen LogP contribution in [0.25, 0.3) is 27.9 Å². The summed E-state index contributed by atoms with van der Waals surface area (Å²) in [6.45, 7) is 0.489. The van der Waals surface area contributed by atoms with Crippen LogP contribution >= 0.6 is 0 Å². The SMILES string of the molecule is Cn1c(-c2cnn3ccccc23)nc2c(CN)cccc21. The highest BCUT2D eigenvalue weighted by molar-refractivity contribution is 5.86. The van der Waals surface area contributed by atoms with Crippen molar-refractivity contribution < 1.29 is 0 Å². The molecule has 3 aromatic heterocycles. The standard InChI is InChI=1S/C16H15N5/c1-20-14-7-4-5-11(9-17)15(14)19-16(20)12-10-18-21-8-3-2-6-13(12)21/h2-8,10H,9,17H2,1H3. The minimum absolute atomic E-state index is 0.489. The topological polar surface area (TPSA) is 61.1 Å². The maximum atomic E-state index is 5.82. The second kappa shape index (κ2) is 4.43. The lowest BCUT2D eigenvalue weighted by Crippen LogP contribution is -1.97. The van der Waals surface area contributed by atoms with Gasteiger partial charge in [0.2, 0.25) is 0 Å². The highest BCUT2D eigenvalue weighted by Gasteiger charge is 2.15. The van der Waals surface area contributed by atoms with Crippen molar-refractivity contribution in [2.75, 3.05) is 0 Å². The summed E-state index contributed by atoms with van der Waals surface area (Å²) in [6, 6.07) is 12.1. The van der Waals surface area contributed by atoms with Crippen molar-refractivity contribution in [2.45, 2.75) is 6.54 Å². The maximum absolute atomic E-state index is 5.82. The lowest BCUT2D eigenvalue weighted by atomic mass is 10.2. The Balaban J connectivity index is 2.05. The average molecular weight is 277 g/mol. The van der Waals surface area contributed by atoms with Crippen molar-refractivity contribution in [3.8, 4) is 11.4 Å². The molecule has 0 spiro atoms. The van der Waals surface area contributed by atoms with E-state index in [9.17, 15) is 0 Å². The molecule has 2 N–H and O–H groups in total. The van der Waals surface area contributed by atoms with Gasteiger partial charge in [-0.15, -0.1) is 0 Å². The van der Waals surface area contributed by atoms with Crippen molar-refractivity contribution >= 4 is 16.6 Å². The fourth-order valence-corrected chi connectivity index (χ4v) is 2.78. The molecule has 0 saturated heterocycles. The quantitative estimate of drug-likeness (QED) is 0.612. The summed E-state index contributed by atoms with van der Waals surface area (Å²) >= 11 is 0. The molecule has 21 heavy (non-hydrogen) atoms. The molecule has 0 aliphatic rings. The number of pyridine rings is 1. The van der Waals surface area contributed by atoms with Crippen LogP contribution < -0.4 is 5.73 Å². The number of imidazole rings is 1. The molecule has 5 heteroatoms. The summed E-state index contributed by atoms with van der Waals surface area (Å²) in [5.74, 6) is 0.909. The van der Waals surface area contributed by atoms with Crippen molar-refractivity contribution in [1.82, 2.24) is 19.2 Å². The smallest absolute Gasteiger partial charge is 0.144 e. The summed E-state index contributed by atoms with van der Waals surface area (Å²) in [7, 11) is 2.03. The molecular weight excluding hydrogens is 262 g/mol. The third-order valence-corrected chi connectivity index (χ3v) is 3.88. The van der Waals surface area contributed by atoms with Crippen LogP contribution in [0, 0.1) is 0 Å². The number of aromatic nitrogens is 4. The Morgan fingerprint density at radius 3 is 2.81 bits per heavy atom. The third kappa shape index (κ3) is 1.68. The van der Waals surface area contributed by atoms with E-state index >= 15 is 0 Å². The monoisotopic (exact) mass is 277 g/mol. The Labute approximate surface area is 121 Å². The minimum Gasteiger partial charge on any atom is -0.327 e. The number of para-hydroxylation sites is 1. The van der Waals surface area contributed by atoms with Gasteiger partial charge in [0.15, 0.2) is 0 Å². The van der Waals surface area contributed by atoms with Gasteiger partial charge in [-0.2, -0.15) is 5.10 Å². The van der Waals surface area contributed by atoms with Gasteiger partial charge >= 0.3 is 0 Å². The molecule has 0 radical (unpaired) electrons. The number of nitrogens with zero attached hydrogens (tertiary/aromatic N) is 4. The lowest BCUT2D eigenvalue weighted by molar-refractivity contribution is 0.960. The Hall–Kier alpha value is -2.66. The number of fused-ring (bicyclic) bond motifs is 2. The first kappa shape index (κ1) is 12.1. The van der Waals surface area contributed by atoms with Crippen molar-refractivity contribution in [3.63, 3.8) is 0 Å². The van der Waals surface area contributed by atoms with Crippen LogP contribution in [-0.4, -0.2) is 19.2 Å². The molecule has 0 atom stereocenters. The average Bonchev–Trinajstić information content (AvgIpc) is 3.09. The third-order valence-electron chi connectivity index (χ3n) is 3.88. The van der Waals surface area contributed by atoms with Crippen LogP contribution in [0.5, 0.6) is 0 Å². The molecule has 5 nitrogen and oxygen atoms in total. The van der Waals surface area contributed by atoms with E-state index in [-0.39, 0.29) is 0 Å². The molecule has 0 aliphatic heterocycles. The lowest BCUT2D eigenvalue weighted by Gasteiger charge is -2.01. The van der Waals surface area contributed by atoms with Crippen LogP contribution in [0.4, 0.5) is 0 Å². The Morgan fingerprint density at radius 1 is 1.10 bits per heavy atom. The number of hydrogen-bond acceptors (Lipinski definition) is 3. The highest BCUT2D eigenvalue weighted by Crippen LogP contribution is 2.28. The van der Waals surface area contributed by atoms with Crippen LogP contribution in [0.2, 0.25) is 0 Å². The Kier molecular flexibility index (Phi) is 2.55. The van der Waals surface area contributed by atoms with E-state index in [0.717, 1.165) is 33.5 Å². The molecule has 0 bridgehead atoms. The zero-order chi connectivity index (χ0) is 14.4. The Morgan fingerprint density at radius 2 is 1.95 bits per heavy atom. The van der Waals surface area contributed by atoms with Gasteiger partial charge in [0.05, 0.1) is 28.3 Å². The molecule has 4 rings (SSSR count). The van der Waals surface area contributed by atoms with Gasteiger partial charge in [-0.05, 0) is 23.8 Å². The van der Waals surface area contributed by atoms with E-state index in [4.69, 9.17) is 10.7 Å². The second-order valence-corrected chi connectivity index (χ2v) is 5.07.